The lowest BCUT2D eigenvalue weighted by Crippen LogP contribution is -2.19. The normalized spacial score (nSPS) is 20.6. The van der Waals surface area contributed by atoms with E-state index in [-0.39, 0.29) is 11.9 Å². The molecule has 1 unspecified atom stereocenters. The minimum atomic E-state index is -0.624. The lowest BCUT2D eigenvalue weighted by molar-refractivity contribution is 0.0651. The second-order valence-corrected chi connectivity index (χ2v) is 5.78. The number of hydrogen-bond donors (Lipinski definition) is 1. The number of aliphatic hydroxyl groups excluding tert-OH is 1. The molecule has 0 amide bonds. The Morgan fingerprint density at radius 1 is 1.24 bits per heavy atom. The summed E-state index contributed by atoms with van der Waals surface area (Å²) in [7, 11) is 1.58. The van der Waals surface area contributed by atoms with Crippen LogP contribution in [0.15, 0.2) is 40.9 Å². The fourth-order valence-corrected chi connectivity index (χ4v) is 3.11. The van der Waals surface area contributed by atoms with Gasteiger partial charge in [-0.05, 0) is 24.3 Å². The van der Waals surface area contributed by atoms with Crippen molar-refractivity contribution in [3.63, 3.8) is 0 Å². The van der Waals surface area contributed by atoms with Crippen LogP contribution >= 0.6 is 15.9 Å². The molecule has 3 rings (SSSR count). The Balaban J connectivity index is 1.96. The van der Waals surface area contributed by atoms with Gasteiger partial charge >= 0.3 is 0 Å². The number of hydrogen-bond acceptors (Lipinski definition) is 3. The minimum Gasteiger partial charge on any atom is -0.497 e. The zero-order valence-electron chi connectivity index (χ0n) is 11.3. The van der Waals surface area contributed by atoms with Crippen LogP contribution in [0.25, 0.3) is 0 Å². The molecule has 5 heteroatoms. The van der Waals surface area contributed by atoms with Crippen molar-refractivity contribution in [2.75, 3.05) is 7.11 Å². The summed E-state index contributed by atoms with van der Waals surface area (Å²) in [4.78, 5) is 0. The van der Waals surface area contributed by atoms with Crippen LogP contribution in [-0.4, -0.2) is 12.2 Å². The Labute approximate surface area is 130 Å². The molecule has 0 spiro atoms. The van der Waals surface area contributed by atoms with Crippen molar-refractivity contribution in [2.45, 2.75) is 18.6 Å². The van der Waals surface area contributed by atoms with E-state index in [9.17, 15) is 9.50 Å². The number of rotatable bonds is 2. The molecule has 2 aromatic carbocycles. The second kappa shape index (κ2) is 5.66. The van der Waals surface area contributed by atoms with Crippen molar-refractivity contribution in [3.05, 3.63) is 57.8 Å². The summed E-state index contributed by atoms with van der Waals surface area (Å²) in [6, 6.07) is 9.79. The fraction of sp³-hybridized carbons (Fsp3) is 0.250. The highest BCUT2D eigenvalue weighted by molar-refractivity contribution is 9.10. The molecule has 2 atom stereocenters. The average Bonchev–Trinajstić information content (AvgIpc) is 2.46. The van der Waals surface area contributed by atoms with Crippen molar-refractivity contribution in [1.82, 2.24) is 0 Å². The van der Waals surface area contributed by atoms with E-state index in [0.717, 1.165) is 11.1 Å². The molecule has 2 aromatic rings. The molecule has 0 fully saturated rings. The summed E-state index contributed by atoms with van der Waals surface area (Å²) in [6.07, 6.45) is -0.542. The molecular formula is C16H14BrFO3. The van der Waals surface area contributed by atoms with Crippen molar-refractivity contribution in [3.8, 4) is 11.5 Å². The molecule has 1 heterocycles. The summed E-state index contributed by atoms with van der Waals surface area (Å²) in [5.41, 5.74) is 1.55. The SMILES string of the molecule is COc1ccc2c(c1)OC(c1ccc(F)cc1Br)C[C@@H]2O. The molecule has 1 aliphatic heterocycles. The summed E-state index contributed by atoms with van der Waals surface area (Å²) in [6.45, 7) is 0. The van der Waals surface area contributed by atoms with Gasteiger partial charge in [0.25, 0.3) is 0 Å². The van der Waals surface area contributed by atoms with Gasteiger partial charge in [-0.1, -0.05) is 22.0 Å². The van der Waals surface area contributed by atoms with E-state index in [1.54, 1.807) is 31.4 Å². The van der Waals surface area contributed by atoms with Gasteiger partial charge in [0, 0.05) is 28.1 Å². The third kappa shape index (κ3) is 2.76. The van der Waals surface area contributed by atoms with E-state index in [1.165, 1.54) is 12.1 Å². The van der Waals surface area contributed by atoms with E-state index in [2.05, 4.69) is 15.9 Å². The maximum Gasteiger partial charge on any atom is 0.129 e. The first kappa shape index (κ1) is 14.4. The smallest absolute Gasteiger partial charge is 0.129 e. The zero-order valence-corrected chi connectivity index (χ0v) is 12.9. The van der Waals surface area contributed by atoms with Gasteiger partial charge in [-0.25, -0.2) is 4.39 Å². The number of methoxy groups -OCH3 is 1. The number of fused-ring (bicyclic) bond motifs is 1. The summed E-state index contributed by atoms with van der Waals surface area (Å²) in [5, 5.41) is 10.3. The second-order valence-electron chi connectivity index (χ2n) is 4.93. The van der Waals surface area contributed by atoms with Gasteiger partial charge in [0.05, 0.1) is 13.2 Å². The van der Waals surface area contributed by atoms with Crippen LogP contribution in [0.4, 0.5) is 4.39 Å². The van der Waals surface area contributed by atoms with Gasteiger partial charge in [-0.2, -0.15) is 0 Å². The Morgan fingerprint density at radius 2 is 2.00 bits per heavy atom. The molecule has 0 saturated carbocycles. The molecular weight excluding hydrogens is 339 g/mol. The Kier molecular flexibility index (Phi) is 3.87. The van der Waals surface area contributed by atoms with Crippen LogP contribution in [0.1, 0.15) is 29.8 Å². The first-order chi connectivity index (χ1) is 10.1. The van der Waals surface area contributed by atoms with Gasteiger partial charge in [0.2, 0.25) is 0 Å². The number of ether oxygens (including phenoxy) is 2. The quantitative estimate of drug-likeness (QED) is 0.882. The summed E-state index contributed by atoms with van der Waals surface area (Å²) in [5.74, 6) is 0.943. The molecule has 0 bridgehead atoms. The molecule has 0 aliphatic carbocycles. The first-order valence-electron chi connectivity index (χ1n) is 6.56. The topological polar surface area (TPSA) is 38.7 Å². The summed E-state index contributed by atoms with van der Waals surface area (Å²) >= 11 is 3.34. The lowest BCUT2D eigenvalue weighted by Gasteiger charge is -2.30. The maximum atomic E-state index is 13.2. The van der Waals surface area contributed by atoms with Crippen molar-refractivity contribution in [2.24, 2.45) is 0 Å². The minimum absolute atomic E-state index is 0.316. The Morgan fingerprint density at radius 3 is 2.71 bits per heavy atom. The standard InChI is InChI=1S/C16H14BrFO3/c1-20-10-3-5-12-14(19)8-16(21-15(12)7-10)11-4-2-9(18)6-13(11)17/h2-7,14,16,19H,8H2,1H3/t14-,16?/m0/s1. The highest BCUT2D eigenvalue weighted by Crippen LogP contribution is 2.43. The maximum absolute atomic E-state index is 13.2. The third-order valence-corrected chi connectivity index (χ3v) is 4.28. The van der Waals surface area contributed by atoms with Crippen LogP contribution < -0.4 is 9.47 Å². The van der Waals surface area contributed by atoms with Gasteiger partial charge in [-0.15, -0.1) is 0 Å². The van der Waals surface area contributed by atoms with Crippen molar-refractivity contribution < 1.29 is 19.0 Å². The third-order valence-electron chi connectivity index (χ3n) is 3.60. The van der Waals surface area contributed by atoms with Crippen LogP contribution in [0, 0.1) is 5.82 Å². The molecule has 0 saturated heterocycles. The predicted octanol–water partition coefficient (Wildman–Crippen LogP) is 4.15. The Hall–Kier alpha value is -1.59. The van der Waals surface area contributed by atoms with Crippen molar-refractivity contribution in [1.29, 1.82) is 0 Å². The van der Waals surface area contributed by atoms with Crippen molar-refractivity contribution >= 4 is 15.9 Å². The monoisotopic (exact) mass is 352 g/mol. The highest BCUT2D eigenvalue weighted by Gasteiger charge is 2.29. The average molecular weight is 353 g/mol. The van der Waals surface area contributed by atoms with E-state index >= 15 is 0 Å². The van der Waals surface area contributed by atoms with Gasteiger partial charge in [0.1, 0.15) is 23.4 Å². The van der Waals surface area contributed by atoms with Crippen LogP contribution in [0.2, 0.25) is 0 Å². The van der Waals surface area contributed by atoms with Crippen LogP contribution in [0.5, 0.6) is 11.5 Å². The molecule has 1 N–H and O–H groups in total. The zero-order chi connectivity index (χ0) is 15.0. The number of halogens is 2. The van der Waals surface area contributed by atoms with E-state index in [1.807, 2.05) is 0 Å². The molecule has 0 aromatic heterocycles. The van der Waals surface area contributed by atoms with Gasteiger partial charge < -0.3 is 14.6 Å². The molecule has 110 valence electrons. The van der Waals surface area contributed by atoms with Gasteiger partial charge in [0.15, 0.2) is 0 Å². The lowest BCUT2D eigenvalue weighted by atomic mass is 9.95. The van der Waals surface area contributed by atoms with E-state index < -0.39 is 6.10 Å². The van der Waals surface area contributed by atoms with E-state index in [4.69, 9.17) is 9.47 Å². The fourth-order valence-electron chi connectivity index (χ4n) is 2.50. The van der Waals surface area contributed by atoms with Crippen LogP contribution in [0.3, 0.4) is 0 Å². The predicted molar refractivity (Wildman–Crippen MR) is 80.0 cm³/mol. The molecule has 1 aliphatic rings. The number of aliphatic hydroxyl groups is 1. The largest absolute Gasteiger partial charge is 0.497 e. The molecule has 3 nitrogen and oxygen atoms in total. The molecule has 0 radical (unpaired) electrons. The van der Waals surface area contributed by atoms with Crippen LogP contribution in [-0.2, 0) is 0 Å². The Bertz CT molecular complexity index is 675. The first-order valence-corrected chi connectivity index (χ1v) is 7.35. The molecule has 21 heavy (non-hydrogen) atoms. The summed E-state index contributed by atoms with van der Waals surface area (Å²) < 4.78 is 25.0. The van der Waals surface area contributed by atoms with Gasteiger partial charge in [-0.3, -0.25) is 0 Å². The van der Waals surface area contributed by atoms with E-state index in [0.29, 0.717) is 22.4 Å². The number of benzene rings is 2. The highest BCUT2D eigenvalue weighted by atomic mass is 79.9.